The lowest BCUT2D eigenvalue weighted by molar-refractivity contribution is -0.298. The molecule has 1 fully saturated rings. The maximum Gasteiger partial charge on any atom is 0.335 e. The van der Waals surface area contributed by atoms with Crippen LogP contribution in [0.2, 0.25) is 0 Å². The van der Waals surface area contributed by atoms with Crippen molar-refractivity contribution in [2.75, 3.05) is 13.2 Å². The van der Waals surface area contributed by atoms with Crippen LogP contribution in [0, 0.1) is 0 Å². The van der Waals surface area contributed by atoms with Gasteiger partial charge in [0.15, 0.2) is 18.5 Å². The van der Waals surface area contributed by atoms with Crippen molar-refractivity contribution < 1.29 is 53.8 Å². The van der Waals surface area contributed by atoms with Gasteiger partial charge in [0.05, 0.1) is 6.61 Å². The van der Waals surface area contributed by atoms with Crippen LogP contribution in [0.4, 0.5) is 0 Å². The molecule has 4 N–H and O–H groups in total. The number of aliphatic hydroxyl groups is 3. The minimum atomic E-state index is -1.87. The summed E-state index contributed by atoms with van der Waals surface area (Å²) in [7, 11) is 0. The van der Waals surface area contributed by atoms with E-state index in [9.17, 15) is 34.8 Å². The Morgan fingerprint density at radius 1 is 0.571 bits per heavy atom. The lowest BCUT2D eigenvalue weighted by atomic mass is 9.99. The Hall–Kier alpha value is -3.61. The number of carboxylic acid groups (broad SMARTS) is 1. The fourth-order valence-electron chi connectivity index (χ4n) is 5.47. The molecule has 0 aromatic heterocycles. The number of hydrogen-bond acceptors (Lipinski definition) is 10. The van der Waals surface area contributed by atoms with E-state index in [4.69, 9.17) is 18.9 Å². The van der Waals surface area contributed by atoms with Gasteiger partial charge in [-0.2, -0.15) is 0 Å². The molecular formula is C45H70O11. The molecular weight excluding hydrogens is 716 g/mol. The lowest BCUT2D eigenvalue weighted by Gasteiger charge is -2.38. The smallest absolute Gasteiger partial charge is 0.335 e. The minimum Gasteiger partial charge on any atom is -0.479 e. The molecule has 11 heteroatoms. The largest absolute Gasteiger partial charge is 0.479 e. The molecule has 0 amide bonds. The number of carbonyl (C=O) groups excluding carboxylic acids is 2. The van der Waals surface area contributed by atoms with Gasteiger partial charge in [0, 0.05) is 12.8 Å². The molecule has 0 radical (unpaired) electrons. The summed E-state index contributed by atoms with van der Waals surface area (Å²) >= 11 is 0. The molecule has 0 aromatic rings. The highest BCUT2D eigenvalue weighted by Crippen LogP contribution is 2.23. The van der Waals surface area contributed by atoms with E-state index < -0.39 is 61.3 Å². The first kappa shape index (κ1) is 50.4. The van der Waals surface area contributed by atoms with E-state index in [0.717, 1.165) is 77.0 Å². The summed E-state index contributed by atoms with van der Waals surface area (Å²) in [5, 5.41) is 39.7. The van der Waals surface area contributed by atoms with Crippen LogP contribution in [0.1, 0.15) is 129 Å². The van der Waals surface area contributed by atoms with Crippen molar-refractivity contribution >= 4 is 17.9 Å². The molecule has 1 aliphatic heterocycles. The molecule has 1 rings (SSSR count). The Morgan fingerprint density at radius 2 is 1.09 bits per heavy atom. The SMILES string of the molecule is CC/C=C\C/C=C\C/C=C\C/C=C\C/C=C\C/C=C\CCC(=O)OCC(COC1OC(C(=O)O)C(O)C(O)C1O)OC(=O)CCCCCCC/C=C\CCCC. The molecule has 1 saturated heterocycles. The molecule has 6 unspecified atom stereocenters. The van der Waals surface area contributed by atoms with Crippen LogP contribution < -0.4 is 0 Å². The van der Waals surface area contributed by atoms with Crippen molar-refractivity contribution in [1.29, 1.82) is 0 Å². The second-order valence-electron chi connectivity index (χ2n) is 13.7. The maximum atomic E-state index is 12.7. The fraction of sp³-hybridized carbons (Fsp3) is 0.622. The Balaban J connectivity index is 2.46. The van der Waals surface area contributed by atoms with E-state index in [0.29, 0.717) is 12.8 Å². The predicted octanol–water partition coefficient (Wildman–Crippen LogP) is 8.31. The molecule has 0 aromatic carbocycles. The van der Waals surface area contributed by atoms with Crippen LogP contribution in [0.3, 0.4) is 0 Å². The van der Waals surface area contributed by atoms with E-state index in [1.165, 1.54) is 12.8 Å². The van der Waals surface area contributed by atoms with E-state index in [1.807, 2.05) is 12.2 Å². The van der Waals surface area contributed by atoms with Gasteiger partial charge in [-0.1, -0.05) is 131 Å². The number of unbranched alkanes of at least 4 members (excludes halogenated alkanes) is 7. The van der Waals surface area contributed by atoms with Crippen LogP contribution in [0.5, 0.6) is 0 Å². The zero-order chi connectivity index (χ0) is 41.1. The summed E-state index contributed by atoms with van der Waals surface area (Å²) in [4.78, 5) is 36.6. The Kier molecular flexibility index (Phi) is 31.2. The predicted molar refractivity (Wildman–Crippen MR) is 220 cm³/mol. The van der Waals surface area contributed by atoms with Crippen molar-refractivity contribution in [2.24, 2.45) is 0 Å². The number of esters is 2. The van der Waals surface area contributed by atoms with E-state index in [-0.39, 0.29) is 19.4 Å². The molecule has 0 saturated carbocycles. The van der Waals surface area contributed by atoms with Crippen molar-refractivity contribution in [2.45, 2.75) is 166 Å². The first-order valence-electron chi connectivity index (χ1n) is 20.6. The number of hydrogen-bond donors (Lipinski definition) is 4. The normalized spacial score (nSPS) is 21.2. The van der Waals surface area contributed by atoms with Gasteiger partial charge in [0.25, 0.3) is 0 Å². The quantitative estimate of drug-likeness (QED) is 0.0294. The third-order valence-electron chi connectivity index (χ3n) is 8.74. The standard InChI is InChI=1S/C45H70O11/c1-3-5-7-9-11-13-15-16-17-18-19-20-21-22-24-25-27-29-31-33-38(46)53-35-37(36-54-45-42(50)40(48)41(49)43(56-45)44(51)52)55-39(47)34-32-30-28-26-23-14-12-10-8-6-4-2/h5,7,10-13,16-17,19-20,22,24,27,29,37,40-43,45,48-50H,3-4,6,8-9,14-15,18,21,23,25-26,28,30-36H2,1-2H3,(H,51,52)/b7-5-,12-10-,13-11-,17-16-,20-19-,24-22-,29-27-. The average molecular weight is 787 g/mol. The molecule has 1 heterocycles. The van der Waals surface area contributed by atoms with Crippen molar-refractivity contribution in [1.82, 2.24) is 0 Å². The third-order valence-corrected chi connectivity index (χ3v) is 8.74. The topological polar surface area (TPSA) is 169 Å². The van der Waals surface area contributed by atoms with Crippen LogP contribution in [-0.2, 0) is 33.3 Å². The Labute approximate surface area is 335 Å². The summed E-state index contributed by atoms with van der Waals surface area (Å²) in [6.45, 7) is 3.55. The monoisotopic (exact) mass is 786 g/mol. The van der Waals surface area contributed by atoms with Gasteiger partial charge in [0.2, 0.25) is 0 Å². The van der Waals surface area contributed by atoms with Gasteiger partial charge in [0.1, 0.15) is 24.9 Å². The van der Waals surface area contributed by atoms with Gasteiger partial charge in [-0.3, -0.25) is 9.59 Å². The Morgan fingerprint density at radius 3 is 1.66 bits per heavy atom. The third kappa shape index (κ3) is 26.3. The summed E-state index contributed by atoms with van der Waals surface area (Å²) in [6.07, 6.45) is 35.1. The molecule has 316 valence electrons. The van der Waals surface area contributed by atoms with Gasteiger partial charge in [-0.15, -0.1) is 0 Å². The summed E-state index contributed by atoms with van der Waals surface area (Å²) in [5.74, 6) is -2.58. The molecule has 6 atom stereocenters. The molecule has 0 bridgehead atoms. The summed E-state index contributed by atoms with van der Waals surface area (Å²) in [6, 6.07) is 0. The molecule has 56 heavy (non-hydrogen) atoms. The zero-order valence-corrected chi connectivity index (χ0v) is 33.8. The molecule has 0 aliphatic carbocycles. The summed E-state index contributed by atoms with van der Waals surface area (Å²) < 4.78 is 21.6. The zero-order valence-electron chi connectivity index (χ0n) is 33.8. The number of aliphatic hydroxyl groups excluding tert-OH is 3. The number of aliphatic carboxylic acids is 1. The van der Waals surface area contributed by atoms with Crippen LogP contribution in [0.25, 0.3) is 0 Å². The van der Waals surface area contributed by atoms with Gasteiger partial charge in [-0.05, 0) is 70.6 Å². The van der Waals surface area contributed by atoms with Crippen molar-refractivity contribution in [3.63, 3.8) is 0 Å². The molecule has 1 aliphatic rings. The Bertz CT molecular complexity index is 1250. The van der Waals surface area contributed by atoms with Crippen LogP contribution >= 0.6 is 0 Å². The first-order valence-corrected chi connectivity index (χ1v) is 20.6. The van der Waals surface area contributed by atoms with E-state index in [1.54, 1.807) is 0 Å². The van der Waals surface area contributed by atoms with Gasteiger partial charge < -0.3 is 39.4 Å². The number of allylic oxidation sites excluding steroid dienone is 14. The number of carbonyl (C=O) groups is 3. The highest BCUT2D eigenvalue weighted by Gasteiger charge is 2.47. The number of carboxylic acids is 1. The maximum absolute atomic E-state index is 12.7. The second-order valence-corrected chi connectivity index (χ2v) is 13.7. The highest BCUT2D eigenvalue weighted by molar-refractivity contribution is 5.73. The van der Waals surface area contributed by atoms with Gasteiger partial charge in [-0.25, -0.2) is 4.79 Å². The van der Waals surface area contributed by atoms with E-state index in [2.05, 4.69) is 86.8 Å². The van der Waals surface area contributed by atoms with Crippen LogP contribution in [0.15, 0.2) is 85.1 Å². The number of rotatable bonds is 32. The minimum absolute atomic E-state index is 0.104. The molecule has 0 spiro atoms. The highest BCUT2D eigenvalue weighted by atomic mass is 16.7. The average Bonchev–Trinajstić information content (AvgIpc) is 3.18. The first-order chi connectivity index (χ1) is 27.2. The van der Waals surface area contributed by atoms with Crippen LogP contribution in [-0.4, -0.2) is 88.4 Å². The lowest BCUT2D eigenvalue weighted by Crippen LogP contribution is -2.60. The van der Waals surface area contributed by atoms with Crippen molar-refractivity contribution in [3.05, 3.63) is 85.1 Å². The van der Waals surface area contributed by atoms with Crippen molar-refractivity contribution in [3.8, 4) is 0 Å². The molecule has 11 nitrogen and oxygen atoms in total. The summed E-state index contributed by atoms with van der Waals surface area (Å²) in [5.41, 5.74) is 0. The van der Waals surface area contributed by atoms with E-state index >= 15 is 0 Å². The number of ether oxygens (including phenoxy) is 4. The fourth-order valence-corrected chi connectivity index (χ4v) is 5.47. The van der Waals surface area contributed by atoms with Gasteiger partial charge >= 0.3 is 17.9 Å². The second kappa shape index (κ2) is 34.6.